The summed E-state index contributed by atoms with van der Waals surface area (Å²) in [5, 5.41) is 19.9. The van der Waals surface area contributed by atoms with Crippen molar-refractivity contribution in [1.82, 2.24) is 4.90 Å². The predicted octanol–water partition coefficient (Wildman–Crippen LogP) is 2.15. The van der Waals surface area contributed by atoms with E-state index in [1.54, 1.807) is 24.1 Å². The molecule has 6 nitrogen and oxygen atoms in total. The summed E-state index contributed by atoms with van der Waals surface area (Å²) < 4.78 is 0. The molecule has 1 amide bonds. The lowest BCUT2D eigenvalue weighted by molar-refractivity contribution is -0.384. The summed E-state index contributed by atoms with van der Waals surface area (Å²) >= 11 is 0. The molecule has 0 radical (unpaired) electrons. The highest BCUT2D eigenvalue weighted by molar-refractivity contribution is 5.79. The highest BCUT2D eigenvalue weighted by atomic mass is 16.6. The van der Waals surface area contributed by atoms with Crippen LogP contribution in [0.2, 0.25) is 0 Å². The zero-order valence-electron chi connectivity index (χ0n) is 12.8. The standard InChI is InChI=1S/C16H22N2O4/c1-17(14-7-5-12(11-19)6-8-14)16(20)10-13-3-2-4-15(9-13)18(21)22/h2-4,9,12,14,19H,5-8,10-11H2,1H3. The highest BCUT2D eigenvalue weighted by Crippen LogP contribution is 2.27. The van der Waals surface area contributed by atoms with Crippen LogP contribution in [0, 0.1) is 16.0 Å². The number of aliphatic hydroxyl groups excluding tert-OH is 1. The van der Waals surface area contributed by atoms with Gasteiger partial charge in [0.1, 0.15) is 0 Å². The molecule has 0 unspecified atom stereocenters. The first-order valence-corrected chi connectivity index (χ1v) is 7.61. The number of hydrogen-bond acceptors (Lipinski definition) is 4. The van der Waals surface area contributed by atoms with Gasteiger partial charge in [0.05, 0.1) is 11.3 Å². The third-order valence-electron chi connectivity index (χ3n) is 4.49. The second-order valence-electron chi connectivity index (χ2n) is 5.97. The largest absolute Gasteiger partial charge is 0.396 e. The number of non-ortho nitro benzene ring substituents is 1. The minimum atomic E-state index is -0.451. The summed E-state index contributed by atoms with van der Waals surface area (Å²) in [5.74, 6) is 0.337. The Hall–Kier alpha value is -1.95. The molecule has 1 fully saturated rings. The summed E-state index contributed by atoms with van der Waals surface area (Å²) in [6.45, 7) is 0.220. The van der Waals surface area contributed by atoms with Gasteiger partial charge in [-0.25, -0.2) is 0 Å². The maximum Gasteiger partial charge on any atom is 0.269 e. The van der Waals surface area contributed by atoms with E-state index in [0.717, 1.165) is 25.7 Å². The second-order valence-corrected chi connectivity index (χ2v) is 5.97. The number of hydrogen-bond donors (Lipinski definition) is 1. The quantitative estimate of drug-likeness (QED) is 0.667. The van der Waals surface area contributed by atoms with Crippen LogP contribution < -0.4 is 0 Å². The third kappa shape index (κ3) is 4.04. The first-order chi connectivity index (χ1) is 10.5. The molecule has 0 aliphatic heterocycles. The molecule has 0 aromatic heterocycles. The molecule has 2 rings (SSSR count). The van der Waals surface area contributed by atoms with Gasteiger partial charge < -0.3 is 10.0 Å². The maximum absolute atomic E-state index is 12.4. The Labute approximate surface area is 129 Å². The average Bonchev–Trinajstić information content (AvgIpc) is 2.54. The SMILES string of the molecule is CN(C(=O)Cc1cccc([N+](=O)[O-])c1)C1CCC(CO)CC1. The van der Waals surface area contributed by atoms with Gasteiger partial charge in [-0.15, -0.1) is 0 Å². The fourth-order valence-corrected chi connectivity index (χ4v) is 3.00. The molecule has 1 saturated carbocycles. The number of carbonyl (C=O) groups is 1. The number of nitro groups is 1. The first-order valence-electron chi connectivity index (χ1n) is 7.61. The molecule has 22 heavy (non-hydrogen) atoms. The van der Waals surface area contributed by atoms with Crippen LogP contribution in [0.25, 0.3) is 0 Å². The van der Waals surface area contributed by atoms with Crippen molar-refractivity contribution < 1.29 is 14.8 Å². The summed E-state index contributed by atoms with van der Waals surface area (Å²) in [6.07, 6.45) is 3.87. The summed E-state index contributed by atoms with van der Waals surface area (Å²) in [7, 11) is 1.80. The predicted molar refractivity (Wildman–Crippen MR) is 82.4 cm³/mol. The van der Waals surface area contributed by atoms with Gasteiger partial charge in [0.25, 0.3) is 5.69 Å². The number of rotatable bonds is 5. The highest BCUT2D eigenvalue weighted by Gasteiger charge is 2.26. The summed E-state index contributed by atoms with van der Waals surface area (Å²) in [4.78, 5) is 24.4. The van der Waals surface area contributed by atoms with Crippen molar-refractivity contribution >= 4 is 11.6 Å². The molecule has 1 N–H and O–H groups in total. The van der Waals surface area contributed by atoms with Crippen LogP contribution in [0.4, 0.5) is 5.69 Å². The van der Waals surface area contributed by atoms with Crippen molar-refractivity contribution in [2.24, 2.45) is 5.92 Å². The van der Waals surface area contributed by atoms with E-state index in [2.05, 4.69) is 0 Å². The minimum Gasteiger partial charge on any atom is -0.396 e. The number of amides is 1. The van der Waals surface area contributed by atoms with E-state index in [-0.39, 0.29) is 30.7 Å². The fourth-order valence-electron chi connectivity index (χ4n) is 3.00. The number of aliphatic hydroxyl groups is 1. The lowest BCUT2D eigenvalue weighted by Crippen LogP contribution is -2.40. The van der Waals surface area contributed by atoms with E-state index < -0.39 is 4.92 Å². The summed E-state index contributed by atoms with van der Waals surface area (Å²) in [5.41, 5.74) is 0.673. The molecule has 0 saturated heterocycles. The van der Waals surface area contributed by atoms with Crippen molar-refractivity contribution in [1.29, 1.82) is 0 Å². The Balaban J connectivity index is 1.94. The lowest BCUT2D eigenvalue weighted by Gasteiger charge is -2.34. The van der Waals surface area contributed by atoms with Gasteiger partial charge in [-0.3, -0.25) is 14.9 Å². The van der Waals surface area contributed by atoms with Gasteiger partial charge in [0, 0.05) is 31.8 Å². The Kier molecular flexibility index (Phi) is 5.49. The zero-order valence-corrected chi connectivity index (χ0v) is 12.8. The number of carbonyl (C=O) groups excluding carboxylic acids is 1. The number of benzene rings is 1. The van der Waals surface area contributed by atoms with E-state index in [1.165, 1.54) is 12.1 Å². The van der Waals surface area contributed by atoms with Gasteiger partial charge in [-0.05, 0) is 37.2 Å². The minimum absolute atomic E-state index is 0.0106. The molecule has 0 heterocycles. The van der Waals surface area contributed by atoms with E-state index >= 15 is 0 Å². The lowest BCUT2D eigenvalue weighted by atomic mass is 9.86. The van der Waals surface area contributed by atoms with Crippen LogP contribution in [0.15, 0.2) is 24.3 Å². The van der Waals surface area contributed by atoms with Crippen molar-refractivity contribution in [3.8, 4) is 0 Å². The average molecular weight is 306 g/mol. The molecule has 120 valence electrons. The Morgan fingerprint density at radius 3 is 2.64 bits per heavy atom. The van der Waals surface area contributed by atoms with E-state index in [0.29, 0.717) is 11.5 Å². The molecular formula is C16H22N2O4. The number of nitro benzene ring substituents is 1. The molecule has 1 aromatic rings. The monoisotopic (exact) mass is 306 g/mol. The number of nitrogens with zero attached hydrogens (tertiary/aromatic N) is 2. The Bertz CT molecular complexity index is 539. The van der Waals surface area contributed by atoms with Gasteiger partial charge in [-0.1, -0.05) is 12.1 Å². The fraction of sp³-hybridized carbons (Fsp3) is 0.562. The van der Waals surface area contributed by atoms with Crippen LogP contribution in [-0.2, 0) is 11.2 Å². The molecule has 6 heteroatoms. The van der Waals surface area contributed by atoms with Gasteiger partial charge >= 0.3 is 0 Å². The smallest absolute Gasteiger partial charge is 0.269 e. The van der Waals surface area contributed by atoms with Gasteiger partial charge in [-0.2, -0.15) is 0 Å². The normalized spacial score (nSPS) is 21.4. The third-order valence-corrected chi connectivity index (χ3v) is 4.49. The molecular weight excluding hydrogens is 284 g/mol. The zero-order chi connectivity index (χ0) is 16.1. The van der Waals surface area contributed by atoms with Crippen LogP contribution in [-0.4, -0.2) is 40.5 Å². The van der Waals surface area contributed by atoms with E-state index in [9.17, 15) is 14.9 Å². The van der Waals surface area contributed by atoms with Gasteiger partial charge in [0.15, 0.2) is 0 Å². The van der Waals surface area contributed by atoms with Crippen LogP contribution in [0.3, 0.4) is 0 Å². The van der Waals surface area contributed by atoms with Crippen LogP contribution in [0.5, 0.6) is 0 Å². The molecule has 1 aliphatic rings. The molecule has 0 spiro atoms. The summed E-state index contributed by atoms with van der Waals surface area (Å²) in [6, 6.07) is 6.42. The molecule has 1 aliphatic carbocycles. The van der Waals surface area contributed by atoms with E-state index in [1.807, 2.05) is 0 Å². The maximum atomic E-state index is 12.4. The molecule has 0 atom stereocenters. The number of likely N-dealkylation sites (N-methyl/N-ethyl adjacent to an activating group) is 1. The topological polar surface area (TPSA) is 83.7 Å². The van der Waals surface area contributed by atoms with E-state index in [4.69, 9.17) is 5.11 Å². The first kappa shape index (κ1) is 16.4. The Morgan fingerprint density at radius 1 is 1.36 bits per heavy atom. The van der Waals surface area contributed by atoms with Crippen molar-refractivity contribution in [2.45, 2.75) is 38.1 Å². The molecule has 0 bridgehead atoms. The van der Waals surface area contributed by atoms with Crippen molar-refractivity contribution in [2.75, 3.05) is 13.7 Å². The van der Waals surface area contributed by atoms with Crippen molar-refractivity contribution in [3.63, 3.8) is 0 Å². The second kappa shape index (κ2) is 7.35. The van der Waals surface area contributed by atoms with Crippen molar-refractivity contribution in [3.05, 3.63) is 39.9 Å². The Morgan fingerprint density at radius 2 is 2.05 bits per heavy atom. The van der Waals surface area contributed by atoms with Crippen LogP contribution in [0.1, 0.15) is 31.2 Å². The molecule has 1 aromatic carbocycles. The van der Waals surface area contributed by atoms with Gasteiger partial charge in [0.2, 0.25) is 5.91 Å². The van der Waals surface area contributed by atoms with Crippen LogP contribution >= 0.6 is 0 Å².